The zero-order chi connectivity index (χ0) is 45.8. The van der Waals surface area contributed by atoms with E-state index in [1.165, 1.54) is 70.6 Å². The third kappa shape index (κ3) is 49.5. The van der Waals surface area contributed by atoms with Gasteiger partial charge in [-0.25, -0.2) is 0 Å². The Labute approximate surface area is 388 Å². The summed E-state index contributed by atoms with van der Waals surface area (Å²) < 4.78 is 16.8. The normalized spacial score (nSPS) is 12.7. The average molecular weight is 877 g/mol. The van der Waals surface area contributed by atoms with Crippen LogP contribution in [0.3, 0.4) is 0 Å². The monoisotopic (exact) mass is 877 g/mol. The molecule has 0 spiro atoms. The maximum absolute atomic E-state index is 12.8. The van der Waals surface area contributed by atoms with Gasteiger partial charge in [0.1, 0.15) is 13.2 Å². The van der Waals surface area contributed by atoms with Gasteiger partial charge in [0.15, 0.2) is 6.10 Å². The molecule has 360 valence electrons. The Bertz CT molecular complexity index is 1240. The largest absolute Gasteiger partial charge is 0.462 e. The highest BCUT2D eigenvalue weighted by molar-refractivity contribution is 5.71. The summed E-state index contributed by atoms with van der Waals surface area (Å²) in [5.41, 5.74) is 0. The molecule has 0 unspecified atom stereocenters. The van der Waals surface area contributed by atoms with Crippen LogP contribution in [0.1, 0.15) is 239 Å². The summed E-state index contributed by atoms with van der Waals surface area (Å²) in [6.07, 6.45) is 65.6. The zero-order valence-corrected chi connectivity index (χ0v) is 41.1. The fourth-order valence-electron chi connectivity index (χ4n) is 6.91. The highest BCUT2D eigenvalue weighted by Gasteiger charge is 2.19. The third-order valence-electron chi connectivity index (χ3n) is 10.9. The van der Waals surface area contributed by atoms with Crippen LogP contribution in [0.2, 0.25) is 0 Å². The fourth-order valence-corrected chi connectivity index (χ4v) is 6.91. The van der Waals surface area contributed by atoms with Gasteiger partial charge >= 0.3 is 17.9 Å². The van der Waals surface area contributed by atoms with Crippen molar-refractivity contribution in [3.63, 3.8) is 0 Å². The molecule has 0 N–H and O–H groups in total. The number of hydrogen-bond donors (Lipinski definition) is 0. The second-order valence-electron chi connectivity index (χ2n) is 17.0. The molecular weight excluding hydrogens is 781 g/mol. The van der Waals surface area contributed by atoms with Crippen LogP contribution in [0.5, 0.6) is 0 Å². The van der Waals surface area contributed by atoms with E-state index in [0.717, 1.165) is 128 Å². The van der Waals surface area contributed by atoms with Crippen LogP contribution in [0.15, 0.2) is 85.1 Å². The van der Waals surface area contributed by atoms with Crippen molar-refractivity contribution < 1.29 is 28.6 Å². The van der Waals surface area contributed by atoms with Crippen LogP contribution in [0.4, 0.5) is 0 Å². The Morgan fingerprint density at radius 1 is 0.333 bits per heavy atom. The lowest BCUT2D eigenvalue weighted by Crippen LogP contribution is -2.30. The number of rotatable bonds is 46. The summed E-state index contributed by atoms with van der Waals surface area (Å²) in [6.45, 7) is 6.42. The lowest BCUT2D eigenvalue weighted by atomic mass is 10.1. The van der Waals surface area contributed by atoms with Crippen LogP contribution in [0, 0.1) is 0 Å². The number of ether oxygens (including phenoxy) is 3. The molecule has 0 aromatic heterocycles. The number of carbonyl (C=O) groups is 3. The number of allylic oxidation sites excluding steroid dienone is 14. The summed E-state index contributed by atoms with van der Waals surface area (Å²) in [5.74, 6) is -0.933. The molecule has 0 saturated carbocycles. The van der Waals surface area contributed by atoms with E-state index >= 15 is 0 Å². The van der Waals surface area contributed by atoms with Gasteiger partial charge in [0.25, 0.3) is 0 Å². The molecule has 0 aliphatic heterocycles. The first kappa shape index (κ1) is 59.6. The molecule has 0 fully saturated rings. The third-order valence-corrected chi connectivity index (χ3v) is 10.9. The minimum atomic E-state index is -0.794. The molecule has 63 heavy (non-hydrogen) atoms. The fraction of sp³-hybridized carbons (Fsp3) is 0.702. The SMILES string of the molecule is CC/C=C\C/C=C\C/C=C\CCCCCCCC(=O)O[C@H](COC(=O)CCCCCCC/C=C\CCCC)COC(=O)CCCCCCCC/C=C\C/C=C\C/C=C\CCCCC. The summed E-state index contributed by atoms with van der Waals surface area (Å²) >= 11 is 0. The summed E-state index contributed by atoms with van der Waals surface area (Å²) in [5, 5.41) is 0. The Morgan fingerprint density at radius 2 is 0.635 bits per heavy atom. The number of carbonyl (C=O) groups excluding carboxylic acids is 3. The molecule has 0 rings (SSSR count). The topological polar surface area (TPSA) is 78.9 Å². The van der Waals surface area contributed by atoms with E-state index in [9.17, 15) is 14.4 Å². The molecule has 0 bridgehead atoms. The van der Waals surface area contributed by atoms with Crippen molar-refractivity contribution in [3.8, 4) is 0 Å². The smallest absolute Gasteiger partial charge is 0.306 e. The minimum absolute atomic E-state index is 0.0931. The van der Waals surface area contributed by atoms with E-state index in [2.05, 4.69) is 106 Å². The molecule has 0 radical (unpaired) electrons. The van der Waals surface area contributed by atoms with Gasteiger partial charge in [0.2, 0.25) is 0 Å². The van der Waals surface area contributed by atoms with Gasteiger partial charge in [-0.3, -0.25) is 14.4 Å². The Balaban J connectivity index is 4.41. The number of unbranched alkanes of at least 4 members (excludes halogenated alkanes) is 21. The zero-order valence-electron chi connectivity index (χ0n) is 41.1. The summed E-state index contributed by atoms with van der Waals surface area (Å²) in [4.78, 5) is 38.0. The van der Waals surface area contributed by atoms with Crippen LogP contribution >= 0.6 is 0 Å². The maximum Gasteiger partial charge on any atom is 0.306 e. The standard InChI is InChI=1S/C57H96O6/c1-4-7-10-13-16-19-22-24-26-27-28-29-31-32-35-38-41-44-47-50-56(59)62-53-54(52-61-55(58)49-46-43-40-37-34-21-18-15-12-9-6-3)63-57(60)51-48-45-42-39-36-33-30-25-23-20-17-14-11-8-5-2/h8,11,15-20,24-26,28-30,54H,4-7,9-10,12-14,21-23,27,31-53H2,1-3H3/b11-8-,18-15-,19-16-,20-17-,26-24-,29-28-,30-25-/t54-/m1/s1. The van der Waals surface area contributed by atoms with Crippen molar-refractivity contribution in [1.82, 2.24) is 0 Å². The first-order chi connectivity index (χ1) is 31.0. The predicted molar refractivity (Wildman–Crippen MR) is 270 cm³/mol. The van der Waals surface area contributed by atoms with Gasteiger partial charge in [0, 0.05) is 19.3 Å². The molecule has 0 aliphatic carbocycles. The molecule has 6 nitrogen and oxygen atoms in total. The molecule has 0 amide bonds. The minimum Gasteiger partial charge on any atom is -0.462 e. The lowest BCUT2D eigenvalue weighted by Gasteiger charge is -2.18. The van der Waals surface area contributed by atoms with Gasteiger partial charge < -0.3 is 14.2 Å². The molecule has 6 heteroatoms. The first-order valence-corrected chi connectivity index (χ1v) is 26.1. The highest BCUT2D eigenvalue weighted by Crippen LogP contribution is 2.13. The maximum atomic E-state index is 12.8. The molecule has 0 aliphatic rings. The van der Waals surface area contributed by atoms with Gasteiger partial charge in [-0.2, -0.15) is 0 Å². The van der Waals surface area contributed by atoms with Gasteiger partial charge in [-0.1, -0.05) is 196 Å². The molecule has 0 aromatic rings. The number of hydrogen-bond acceptors (Lipinski definition) is 6. The quantitative estimate of drug-likeness (QED) is 0.0262. The number of esters is 3. The second-order valence-corrected chi connectivity index (χ2v) is 17.0. The summed E-state index contributed by atoms with van der Waals surface area (Å²) in [6, 6.07) is 0. The predicted octanol–water partition coefficient (Wildman–Crippen LogP) is 17.2. The van der Waals surface area contributed by atoms with Crippen molar-refractivity contribution in [2.24, 2.45) is 0 Å². The van der Waals surface area contributed by atoms with Crippen LogP contribution in [-0.2, 0) is 28.6 Å². The molecule has 0 saturated heterocycles. The Morgan fingerprint density at radius 3 is 1.03 bits per heavy atom. The van der Waals surface area contributed by atoms with Crippen molar-refractivity contribution in [2.75, 3.05) is 13.2 Å². The van der Waals surface area contributed by atoms with Gasteiger partial charge in [0.05, 0.1) is 0 Å². The second kappa shape index (κ2) is 51.2. The van der Waals surface area contributed by atoms with E-state index in [0.29, 0.717) is 19.3 Å². The van der Waals surface area contributed by atoms with E-state index in [-0.39, 0.29) is 31.1 Å². The first-order valence-electron chi connectivity index (χ1n) is 26.1. The van der Waals surface area contributed by atoms with Crippen LogP contribution < -0.4 is 0 Å². The van der Waals surface area contributed by atoms with Crippen molar-refractivity contribution in [3.05, 3.63) is 85.1 Å². The van der Waals surface area contributed by atoms with E-state index in [4.69, 9.17) is 14.2 Å². The van der Waals surface area contributed by atoms with Gasteiger partial charge in [-0.05, 0) is 109 Å². The van der Waals surface area contributed by atoms with Crippen molar-refractivity contribution in [1.29, 1.82) is 0 Å². The Kier molecular flexibility index (Phi) is 48.5. The van der Waals surface area contributed by atoms with Gasteiger partial charge in [-0.15, -0.1) is 0 Å². The summed E-state index contributed by atoms with van der Waals surface area (Å²) in [7, 11) is 0. The van der Waals surface area contributed by atoms with E-state index < -0.39 is 6.10 Å². The molecular formula is C57H96O6. The van der Waals surface area contributed by atoms with Crippen LogP contribution in [0.25, 0.3) is 0 Å². The molecule has 1 atom stereocenters. The van der Waals surface area contributed by atoms with Crippen LogP contribution in [-0.4, -0.2) is 37.2 Å². The lowest BCUT2D eigenvalue weighted by molar-refractivity contribution is -0.167. The van der Waals surface area contributed by atoms with Crippen molar-refractivity contribution in [2.45, 2.75) is 245 Å². The van der Waals surface area contributed by atoms with E-state index in [1.54, 1.807) is 0 Å². The molecule has 0 aromatic carbocycles. The van der Waals surface area contributed by atoms with E-state index in [1.807, 2.05) is 0 Å². The molecule has 0 heterocycles. The Hall–Kier alpha value is -3.41. The average Bonchev–Trinajstić information content (AvgIpc) is 3.28. The highest BCUT2D eigenvalue weighted by atomic mass is 16.6. The van der Waals surface area contributed by atoms with Crippen molar-refractivity contribution >= 4 is 17.9 Å².